The van der Waals surface area contributed by atoms with Gasteiger partial charge in [-0.05, 0) is 13.0 Å². The van der Waals surface area contributed by atoms with Crippen LogP contribution in [0.5, 0.6) is 0 Å². The maximum Gasteiger partial charge on any atom is 0.358 e. The fourth-order valence-corrected chi connectivity index (χ4v) is 2.04. The highest BCUT2D eigenvalue weighted by molar-refractivity contribution is 5.84. The van der Waals surface area contributed by atoms with Gasteiger partial charge in [0.25, 0.3) is 0 Å². The molecule has 104 valence electrons. The van der Waals surface area contributed by atoms with Crippen molar-refractivity contribution in [1.29, 1.82) is 0 Å². The van der Waals surface area contributed by atoms with E-state index in [1.165, 1.54) is 10.9 Å². The molecule has 1 aliphatic heterocycles. The van der Waals surface area contributed by atoms with Crippen molar-refractivity contribution < 1.29 is 14.7 Å². The van der Waals surface area contributed by atoms with Gasteiger partial charge in [-0.1, -0.05) is 12.1 Å². The lowest BCUT2D eigenvalue weighted by molar-refractivity contribution is -0.141. The number of aromatic nitrogens is 3. The second-order valence-electron chi connectivity index (χ2n) is 4.76. The van der Waals surface area contributed by atoms with Crippen LogP contribution in [0.1, 0.15) is 29.9 Å². The maximum atomic E-state index is 11.9. The molecule has 1 atom stereocenters. The number of amides is 1. The first kappa shape index (κ1) is 13.5. The van der Waals surface area contributed by atoms with Crippen molar-refractivity contribution in [3.63, 3.8) is 0 Å². The predicted octanol–water partition coefficient (Wildman–Crippen LogP) is -0.655. The SMILES string of the molecule is CC(CCN)C(=O)N1CC(n2cc(C(=O)O)nn2)C1. The number of carboxylic acid groups (broad SMARTS) is 1. The fourth-order valence-electron chi connectivity index (χ4n) is 2.04. The van der Waals surface area contributed by atoms with Gasteiger partial charge in [0.15, 0.2) is 5.69 Å². The molecular weight excluding hydrogens is 250 g/mol. The van der Waals surface area contributed by atoms with Crippen LogP contribution in [-0.2, 0) is 4.79 Å². The number of rotatable bonds is 5. The predicted molar refractivity (Wildman–Crippen MR) is 65.4 cm³/mol. The minimum absolute atomic E-state index is 0.00891. The molecule has 0 bridgehead atoms. The van der Waals surface area contributed by atoms with Gasteiger partial charge in [-0.2, -0.15) is 0 Å². The number of nitrogens with two attached hydrogens (primary N) is 1. The van der Waals surface area contributed by atoms with Crippen molar-refractivity contribution in [3.05, 3.63) is 11.9 Å². The molecular formula is C11H17N5O3. The molecule has 0 saturated carbocycles. The van der Waals surface area contributed by atoms with Gasteiger partial charge in [0.1, 0.15) is 0 Å². The van der Waals surface area contributed by atoms with E-state index in [-0.39, 0.29) is 23.6 Å². The second-order valence-corrected chi connectivity index (χ2v) is 4.76. The number of aromatic carboxylic acids is 1. The van der Waals surface area contributed by atoms with E-state index in [1.807, 2.05) is 6.92 Å². The molecule has 8 heteroatoms. The van der Waals surface area contributed by atoms with Crippen molar-refractivity contribution >= 4 is 11.9 Å². The first-order chi connectivity index (χ1) is 9.02. The number of likely N-dealkylation sites (tertiary alicyclic amines) is 1. The molecule has 19 heavy (non-hydrogen) atoms. The number of hydrogen-bond donors (Lipinski definition) is 2. The van der Waals surface area contributed by atoms with Gasteiger partial charge in [-0.3, -0.25) is 4.79 Å². The molecule has 3 N–H and O–H groups in total. The van der Waals surface area contributed by atoms with Crippen molar-refractivity contribution in [1.82, 2.24) is 19.9 Å². The van der Waals surface area contributed by atoms with Crippen LogP contribution in [0.2, 0.25) is 0 Å². The summed E-state index contributed by atoms with van der Waals surface area (Å²) in [7, 11) is 0. The van der Waals surface area contributed by atoms with E-state index in [0.29, 0.717) is 26.1 Å². The van der Waals surface area contributed by atoms with Gasteiger partial charge in [0.2, 0.25) is 5.91 Å². The van der Waals surface area contributed by atoms with E-state index in [4.69, 9.17) is 10.8 Å². The first-order valence-electron chi connectivity index (χ1n) is 6.17. The third-order valence-corrected chi connectivity index (χ3v) is 3.30. The first-order valence-corrected chi connectivity index (χ1v) is 6.17. The molecule has 0 aliphatic carbocycles. The molecule has 8 nitrogen and oxygen atoms in total. The van der Waals surface area contributed by atoms with E-state index in [9.17, 15) is 9.59 Å². The topological polar surface area (TPSA) is 114 Å². The smallest absolute Gasteiger partial charge is 0.358 e. The average Bonchev–Trinajstić information content (AvgIpc) is 2.76. The maximum absolute atomic E-state index is 11.9. The Balaban J connectivity index is 1.88. The van der Waals surface area contributed by atoms with Gasteiger partial charge in [-0.25, -0.2) is 9.48 Å². The lowest BCUT2D eigenvalue weighted by Gasteiger charge is -2.40. The quantitative estimate of drug-likeness (QED) is 0.732. The number of carboxylic acids is 1. The van der Waals surface area contributed by atoms with E-state index < -0.39 is 5.97 Å². The van der Waals surface area contributed by atoms with Crippen LogP contribution in [0, 0.1) is 5.92 Å². The van der Waals surface area contributed by atoms with Gasteiger partial charge in [-0.15, -0.1) is 5.10 Å². The molecule has 1 aromatic heterocycles. The summed E-state index contributed by atoms with van der Waals surface area (Å²) in [5, 5.41) is 16.1. The molecule has 1 unspecified atom stereocenters. The molecule has 0 radical (unpaired) electrons. The molecule has 2 rings (SSSR count). The zero-order chi connectivity index (χ0) is 14.0. The van der Waals surface area contributed by atoms with Gasteiger partial charge >= 0.3 is 5.97 Å². The van der Waals surface area contributed by atoms with Gasteiger partial charge in [0, 0.05) is 19.0 Å². The van der Waals surface area contributed by atoms with Gasteiger partial charge in [0.05, 0.1) is 12.2 Å². The van der Waals surface area contributed by atoms with Crippen LogP contribution < -0.4 is 5.73 Å². The molecule has 1 fully saturated rings. The Kier molecular flexibility index (Phi) is 3.79. The molecule has 1 aromatic rings. The highest BCUT2D eigenvalue weighted by atomic mass is 16.4. The summed E-state index contributed by atoms with van der Waals surface area (Å²) in [6.07, 6.45) is 2.06. The third kappa shape index (κ3) is 2.73. The van der Waals surface area contributed by atoms with E-state index in [2.05, 4.69) is 10.3 Å². The summed E-state index contributed by atoms with van der Waals surface area (Å²) in [5.41, 5.74) is 5.35. The Morgan fingerprint density at radius 2 is 2.26 bits per heavy atom. The minimum atomic E-state index is -1.10. The van der Waals surface area contributed by atoms with Crippen LogP contribution in [-0.4, -0.2) is 56.5 Å². The largest absolute Gasteiger partial charge is 0.476 e. The normalized spacial score (nSPS) is 17.1. The Labute approximate surface area is 110 Å². The Bertz CT molecular complexity index is 480. The summed E-state index contributed by atoms with van der Waals surface area (Å²) < 4.78 is 1.50. The average molecular weight is 267 g/mol. The van der Waals surface area contributed by atoms with Crippen LogP contribution in [0.25, 0.3) is 0 Å². The second kappa shape index (κ2) is 5.35. The summed E-state index contributed by atoms with van der Waals surface area (Å²) in [5.74, 6) is -1.09. The monoisotopic (exact) mass is 267 g/mol. The zero-order valence-corrected chi connectivity index (χ0v) is 10.7. The summed E-state index contributed by atoms with van der Waals surface area (Å²) in [6.45, 7) is 3.43. The lowest BCUT2D eigenvalue weighted by atomic mass is 10.0. The molecule has 2 heterocycles. The minimum Gasteiger partial charge on any atom is -0.476 e. The summed E-state index contributed by atoms with van der Waals surface area (Å²) >= 11 is 0. The molecule has 1 amide bonds. The Morgan fingerprint density at radius 1 is 1.58 bits per heavy atom. The van der Waals surface area contributed by atoms with Crippen LogP contribution >= 0.6 is 0 Å². The fraction of sp³-hybridized carbons (Fsp3) is 0.636. The molecule has 1 saturated heterocycles. The van der Waals surface area contributed by atoms with Crippen molar-refractivity contribution in [2.45, 2.75) is 19.4 Å². The van der Waals surface area contributed by atoms with Gasteiger partial charge < -0.3 is 15.7 Å². The van der Waals surface area contributed by atoms with Crippen LogP contribution in [0.3, 0.4) is 0 Å². The molecule has 0 spiro atoms. The standard InChI is InChI=1S/C11H17N5O3/c1-7(2-3-12)10(17)15-4-8(5-15)16-6-9(11(18)19)13-14-16/h6-8H,2-5,12H2,1H3,(H,18,19). The summed E-state index contributed by atoms with van der Waals surface area (Å²) in [4.78, 5) is 24.4. The third-order valence-electron chi connectivity index (χ3n) is 3.30. The highest BCUT2D eigenvalue weighted by Gasteiger charge is 2.34. The Hall–Kier alpha value is -1.96. The number of carbonyl (C=O) groups excluding carboxylic acids is 1. The van der Waals surface area contributed by atoms with Crippen molar-refractivity contribution in [3.8, 4) is 0 Å². The number of nitrogens with zero attached hydrogens (tertiary/aromatic N) is 4. The van der Waals surface area contributed by atoms with Crippen LogP contribution in [0.15, 0.2) is 6.20 Å². The van der Waals surface area contributed by atoms with E-state index in [1.54, 1.807) is 4.90 Å². The molecule has 0 aromatic carbocycles. The van der Waals surface area contributed by atoms with Crippen molar-refractivity contribution in [2.24, 2.45) is 11.7 Å². The number of hydrogen-bond acceptors (Lipinski definition) is 5. The van der Waals surface area contributed by atoms with E-state index >= 15 is 0 Å². The lowest BCUT2D eigenvalue weighted by Crippen LogP contribution is -2.52. The molecule has 1 aliphatic rings. The van der Waals surface area contributed by atoms with Crippen LogP contribution in [0.4, 0.5) is 0 Å². The van der Waals surface area contributed by atoms with E-state index in [0.717, 1.165) is 0 Å². The zero-order valence-electron chi connectivity index (χ0n) is 10.7. The van der Waals surface area contributed by atoms with Crippen molar-refractivity contribution in [2.75, 3.05) is 19.6 Å². The Morgan fingerprint density at radius 3 is 2.79 bits per heavy atom. The number of carbonyl (C=O) groups is 2. The highest BCUT2D eigenvalue weighted by Crippen LogP contribution is 2.23. The summed E-state index contributed by atoms with van der Waals surface area (Å²) in [6, 6.07) is 0.00891.